The first-order chi connectivity index (χ1) is 14.0. The highest BCUT2D eigenvalue weighted by Gasteiger charge is 2.30. The number of fused-ring (bicyclic) bond motifs is 2. The van der Waals surface area contributed by atoms with Gasteiger partial charge in [-0.2, -0.15) is 0 Å². The Morgan fingerprint density at radius 1 is 1.14 bits per heavy atom. The Bertz CT molecular complexity index is 1080. The van der Waals surface area contributed by atoms with Gasteiger partial charge in [-0.1, -0.05) is 29.8 Å². The van der Waals surface area contributed by atoms with Crippen molar-refractivity contribution in [2.45, 2.75) is 20.4 Å². The Morgan fingerprint density at radius 2 is 1.93 bits per heavy atom. The molecule has 29 heavy (non-hydrogen) atoms. The minimum Gasteiger partial charge on any atom is -0.381 e. The van der Waals surface area contributed by atoms with Crippen LogP contribution in [-0.2, 0) is 6.54 Å². The lowest BCUT2D eigenvalue weighted by Crippen LogP contribution is -2.25. The van der Waals surface area contributed by atoms with Crippen LogP contribution >= 0.6 is 11.6 Å². The summed E-state index contributed by atoms with van der Waals surface area (Å²) in [7, 11) is 1.75. The molecular weight excluding hydrogens is 386 g/mol. The number of nitrogens with zero attached hydrogens (tertiary/aromatic N) is 4. The largest absolute Gasteiger partial charge is 0.381 e. The molecule has 0 radical (unpaired) electrons. The maximum Gasteiger partial charge on any atom is 0.261 e. The molecule has 0 bridgehead atoms. The molecule has 3 aromatic rings. The van der Waals surface area contributed by atoms with Gasteiger partial charge in [0.05, 0.1) is 11.3 Å². The van der Waals surface area contributed by atoms with E-state index in [9.17, 15) is 4.79 Å². The number of aryl methyl sites for hydroxylation is 1. The number of amides is 1. The van der Waals surface area contributed by atoms with E-state index >= 15 is 0 Å². The number of rotatable bonds is 4. The number of nitrogens with one attached hydrogen (secondary N) is 1. The fourth-order valence-corrected chi connectivity index (χ4v) is 3.65. The van der Waals surface area contributed by atoms with Crippen LogP contribution in [0.5, 0.6) is 0 Å². The van der Waals surface area contributed by atoms with Crippen LogP contribution in [-0.4, -0.2) is 29.5 Å². The normalized spacial score (nSPS) is 13.0. The molecule has 6 nitrogen and oxygen atoms in total. The Hall–Kier alpha value is -3.12. The summed E-state index contributed by atoms with van der Waals surface area (Å²) in [6.45, 7) is 5.25. The molecule has 1 N–H and O–H groups in total. The van der Waals surface area contributed by atoms with Gasteiger partial charge in [0.1, 0.15) is 11.0 Å². The minimum absolute atomic E-state index is 0.119. The highest BCUT2D eigenvalue weighted by molar-refractivity contribution is 6.29. The van der Waals surface area contributed by atoms with Gasteiger partial charge in [-0.05, 0) is 49.2 Å². The van der Waals surface area contributed by atoms with Gasteiger partial charge in [0.25, 0.3) is 5.91 Å². The van der Waals surface area contributed by atoms with Gasteiger partial charge in [0, 0.05) is 32.0 Å². The number of carbonyl (C=O) groups is 1. The first kappa shape index (κ1) is 19.2. The minimum atomic E-state index is -0.119. The van der Waals surface area contributed by atoms with E-state index in [-0.39, 0.29) is 5.91 Å². The molecule has 0 fully saturated rings. The fourth-order valence-electron chi connectivity index (χ4n) is 3.51. The zero-order valence-corrected chi connectivity index (χ0v) is 17.4. The molecule has 7 heteroatoms. The molecule has 0 aliphatic carbocycles. The lowest BCUT2D eigenvalue weighted by molar-refractivity contribution is 0.0994. The van der Waals surface area contributed by atoms with Crippen LogP contribution in [0, 0.1) is 6.92 Å². The van der Waals surface area contributed by atoms with Crippen molar-refractivity contribution in [1.29, 1.82) is 0 Å². The van der Waals surface area contributed by atoms with Gasteiger partial charge in [0.15, 0.2) is 5.82 Å². The van der Waals surface area contributed by atoms with E-state index in [1.807, 2.05) is 42.2 Å². The highest BCUT2D eigenvalue weighted by Crippen LogP contribution is 2.38. The first-order valence-electron chi connectivity index (χ1n) is 9.50. The van der Waals surface area contributed by atoms with Crippen LogP contribution in [0.4, 0.5) is 23.0 Å². The van der Waals surface area contributed by atoms with Crippen LogP contribution in [0.25, 0.3) is 0 Å². The van der Waals surface area contributed by atoms with E-state index in [4.69, 9.17) is 11.6 Å². The van der Waals surface area contributed by atoms with Crippen LogP contribution in [0.3, 0.4) is 0 Å². The maximum atomic E-state index is 13.2. The Balaban J connectivity index is 1.72. The topological polar surface area (TPSA) is 61.4 Å². The van der Waals surface area contributed by atoms with Crippen LogP contribution < -0.4 is 15.1 Å². The number of benzene rings is 1. The average molecular weight is 408 g/mol. The Labute approximate surface area is 175 Å². The van der Waals surface area contributed by atoms with Crippen molar-refractivity contribution in [1.82, 2.24) is 9.97 Å². The summed E-state index contributed by atoms with van der Waals surface area (Å²) in [6.07, 6.45) is 1.80. The van der Waals surface area contributed by atoms with Gasteiger partial charge in [-0.25, -0.2) is 9.97 Å². The van der Waals surface area contributed by atoms with Gasteiger partial charge < -0.3 is 15.1 Å². The Morgan fingerprint density at radius 3 is 2.69 bits per heavy atom. The molecule has 148 valence electrons. The summed E-state index contributed by atoms with van der Waals surface area (Å²) in [4.78, 5) is 25.8. The highest BCUT2D eigenvalue weighted by atomic mass is 35.5. The predicted molar refractivity (Wildman–Crippen MR) is 117 cm³/mol. The molecule has 1 amide bonds. The van der Waals surface area contributed by atoms with E-state index in [2.05, 4.69) is 28.3 Å². The zero-order chi connectivity index (χ0) is 20.5. The number of halogens is 1. The van der Waals surface area contributed by atoms with Crippen LogP contribution in [0.2, 0.25) is 5.15 Å². The molecule has 1 aromatic carbocycles. The van der Waals surface area contributed by atoms with E-state index < -0.39 is 0 Å². The summed E-state index contributed by atoms with van der Waals surface area (Å²) in [5.74, 6) is 1.11. The van der Waals surface area contributed by atoms with Crippen molar-refractivity contribution in [3.05, 3.63) is 70.5 Å². The number of pyridine rings is 2. The summed E-state index contributed by atoms with van der Waals surface area (Å²) < 4.78 is 0. The van der Waals surface area contributed by atoms with Gasteiger partial charge >= 0.3 is 0 Å². The van der Waals surface area contributed by atoms with Crippen molar-refractivity contribution in [2.24, 2.45) is 0 Å². The first-order valence-corrected chi connectivity index (χ1v) is 9.88. The van der Waals surface area contributed by atoms with Crippen molar-refractivity contribution < 1.29 is 4.79 Å². The molecule has 1 aliphatic heterocycles. The predicted octanol–water partition coefficient (Wildman–Crippen LogP) is 4.80. The fraction of sp³-hybridized carbons (Fsp3) is 0.227. The van der Waals surface area contributed by atoms with Crippen molar-refractivity contribution in [3.63, 3.8) is 0 Å². The molecule has 0 atom stereocenters. The van der Waals surface area contributed by atoms with Crippen LogP contribution in [0.15, 0.2) is 48.7 Å². The number of carbonyl (C=O) groups excluding carboxylic acids is 1. The molecule has 1 aliphatic rings. The van der Waals surface area contributed by atoms with Crippen molar-refractivity contribution >= 4 is 40.5 Å². The van der Waals surface area contributed by atoms with Crippen molar-refractivity contribution in [3.8, 4) is 0 Å². The molecule has 0 spiro atoms. The van der Waals surface area contributed by atoms with Crippen molar-refractivity contribution in [2.75, 3.05) is 28.7 Å². The van der Waals surface area contributed by atoms with Gasteiger partial charge in [-0.15, -0.1) is 0 Å². The summed E-state index contributed by atoms with van der Waals surface area (Å²) >= 11 is 6.13. The number of hydrogen-bond donors (Lipinski definition) is 1. The Kier molecular flexibility index (Phi) is 5.11. The SMILES string of the molecule is CCN1c2ncc(CNc3ccccc3C)cc2C(=O)N(C)c2ccc(Cl)nc21. The molecular formula is C22H22ClN5O. The standard InChI is InChI=1S/C22H22ClN5O/c1-4-28-20-16(22(29)27(3)18-9-10-19(23)26-21(18)28)11-15(13-25-20)12-24-17-8-6-5-7-14(17)2/h5-11,13,24H,4,12H2,1-3H3. The lowest BCUT2D eigenvalue weighted by Gasteiger charge is -2.23. The van der Waals surface area contributed by atoms with Crippen LogP contribution in [0.1, 0.15) is 28.4 Å². The molecule has 4 rings (SSSR count). The number of aromatic nitrogens is 2. The second kappa shape index (κ2) is 7.72. The summed E-state index contributed by atoms with van der Waals surface area (Å²) in [5, 5.41) is 3.80. The second-order valence-corrected chi connectivity index (χ2v) is 7.36. The molecule has 0 unspecified atom stereocenters. The lowest BCUT2D eigenvalue weighted by atomic mass is 10.1. The smallest absolute Gasteiger partial charge is 0.261 e. The zero-order valence-electron chi connectivity index (χ0n) is 16.6. The maximum absolute atomic E-state index is 13.2. The summed E-state index contributed by atoms with van der Waals surface area (Å²) in [6, 6.07) is 13.5. The third kappa shape index (κ3) is 3.51. The number of hydrogen-bond acceptors (Lipinski definition) is 5. The monoisotopic (exact) mass is 407 g/mol. The molecule has 0 saturated heterocycles. The van der Waals surface area contributed by atoms with E-state index in [1.165, 1.54) is 5.56 Å². The van der Waals surface area contributed by atoms with E-state index in [1.54, 1.807) is 24.2 Å². The van der Waals surface area contributed by atoms with Gasteiger partial charge in [0.2, 0.25) is 0 Å². The van der Waals surface area contributed by atoms with E-state index in [0.717, 1.165) is 11.3 Å². The molecule has 2 aromatic heterocycles. The molecule has 3 heterocycles. The summed E-state index contributed by atoms with van der Waals surface area (Å²) in [5.41, 5.74) is 4.42. The molecule has 0 saturated carbocycles. The number of anilines is 4. The third-order valence-corrected chi connectivity index (χ3v) is 5.31. The third-order valence-electron chi connectivity index (χ3n) is 5.10. The van der Waals surface area contributed by atoms with Gasteiger partial charge in [-0.3, -0.25) is 4.79 Å². The number of para-hydroxylation sites is 1. The quantitative estimate of drug-likeness (QED) is 0.629. The average Bonchev–Trinajstić information content (AvgIpc) is 2.81. The van der Waals surface area contributed by atoms with E-state index in [0.29, 0.717) is 41.1 Å². The second-order valence-electron chi connectivity index (χ2n) is 6.97.